The zero-order valence-corrected chi connectivity index (χ0v) is 30.6. The second-order valence-electron chi connectivity index (χ2n) is 13.8. The Balaban J connectivity index is 1.97. The number of nitro groups is 1. The van der Waals surface area contributed by atoms with Crippen molar-refractivity contribution in [1.82, 2.24) is 21.3 Å². The van der Waals surface area contributed by atoms with E-state index in [4.69, 9.17) is 11.6 Å². The topological polar surface area (TPSA) is 241 Å². The van der Waals surface area contributed by atoms with Crippen LogP contribution in [0, 0.1) is 21.4 Å². The van der Waals surface area contributed by atoms with Gasteiger partial charge < -0.3 is 42.1 Å². The number of amides is 3. The summed E-state index contributed by atoms with van der Waals surface area (Å²) in [5.74, 6) is -4.12. The van der Waals surface area contributed by atoms with Gasteiger partial charge in [0.2, 0.25) is 17.7 Å². The number of nitrogens with one attached hydrogen (secondary N) is 6. The van der Waals surface area contributed by atoms with Crippen LogP contribution < -0.4 is 31.9 Å². The third-order valence-electron chi connectivity index (χ3n) is 7.21. The monoisotopic (exact) mass is 745 g/mol. The van der Waals surface area contributed by atoms with Crippen molar-refractivity contribution in [2.24, 2.45) is 11.3 Å². The van der Waals surface area contributed by atoms with Crippen LogP contribution in [0.4, 0.5) is 11.4 Å². The number of halogens is 1. The molecule has 8 N–H and O–H groups in total. The number of carboxylic acids is 2. The van der Waals surface area contributed by atoms with Crippen LogP contribution >= 0.6 is 11.6 Å². The Bertz CT molecular complexity index is 1580. The van der Waals surface area contributed by atoms with E-state index in [9.17, 15) is 44.3 Å². The lowest BCUT2D eigenvalue weighted by Crippen LogP contribution is -2.55. The highest BCUT2D eigenvalue weighted by molar-refractivity contribution is 6.30. The van der Waals surface area contributed by atoms with Crippen molar-refractivity contribution in [2.75, 3.05) is 23.7 Å². The number of anilines is 2. The van der Waals surface area contributed by atoms with E-state index in [-0.39, 0.29) is 55.9 Å². The summed E-state index contributed by atoms with van der Waals surface area (Å²) in [4.78, 5) is 72.6. The molecule has 0 fully saturated rings. The molecule has 3 unspecified atom stereocenters. The fourth-order valence-electron chi connectivity index (χ4n) is 4.83. The van der Waals surface area contributed by atoms with Gasteiger partial charge in [-0.15, -0.1) is 0 Å². The zero-order chi connectivity index (χ0) is 39.0. The molecule has 0 aromatic heterocycles. The molecule has 52 heavy (non-hydrogen) atoms. The molecule has 16 nitrogen and oxygen atoms in total. The summed E-state index contributed by atoms with van der Waals surface area (Å²) in [6.45, 7) is 9.04. The van der Waals surface area contributed by atoms with Crippen LogP contribution in [-0.2, 0) is 30.4 Å². The molecule has 0 saturated heterocycles. The standard InChI is InChI=1S/C35H48ClN7O9/c1-21(2)16-27(32(46)42-28(34(49)50)19-37-15-14-26(33(47)48)40-31(45)18-35(3,4)5)41-30(44)17-22-6-10-24(11-7-22)38-29(20-43(51)52)39-25-12-8-23(36)9-13-25/h6-13,20-21,26-28,37-39H,14-19H2,1-5H3,(H,40,45)(H,41,44)(H,42,46)(H,47,48)(H,49,50)/b29-20+. The highest BCUT2D eigenvalue weighted by Gasteiger charge is 2.28. The number of aliphatic carboxylic acids is 2. The van der Waals surface area contributed by atoms with E-state index in [1.165, 1.54) is 0 Å². The number of hydrogen-bond acceptors (Lipinski definition) is 10. The number of rotatable bonds is 21. The summed E-state index contributed by atoms with van der Waals surface area (Å²) in [6, 6.07) is 9.50. The Labute approximate surface area is 307 Å². The third kappa shape index (κ3) is 17.1. The molecule has 3 amide bonds. The van der Waals surface area contributed by atoms with E-state index in [2.05, 4.69) is 31.9 Å². The first kappa shape index (κ1) is 42.9. The first-order chi connectivity index (χ1) is 24.3. The van der Waals surface area contributed by atoms with Gasteiger partial charge in [0, 0.05) is 29.4 Å². The quantitative estimate of drug-likeness (QED) is 0.0520. The van der Waals surface area contributed by atoms with Gasteiger partial charge in [0.15, 0.2) is 5.82 Å². The Morgan fingerprint density at radius 2 is 1.37 bits per heavy atom. The molecule has 0 radical (unpaired) electrons. The number of carbonyl (C=O) groups is 5. The summed E-state index contributed by atoms with van der Waals surface area (Å²) in [5.41, 5.74) is 1.30. The molecule has 2 rings (SSSR count). The molecule has 3 atom stereocenters. The van der Waals surface area contributed by atoms with Crippen LogP contribution in [-0.4, -0.2) is 76.0 Å². The summed E-state index contributed by atoms with van der Waals surface area (Å²) in [7, 11) is 0. The molecule has 2 aromatic rings. The first-order valence-corrected chi connectivity index (χ1v) is 17.0. The molecule has 0 aliphatic carbocycles. The van der Waals surface area contributed by atoms with Crippen LogP contribution in [0.1, 0.15) is 59.4 Å². The van der Waals surface area contributed by atoms with Crippen molar-refractivity contribution in [3.05, 3.63) is 81.3 Å². The minimum absolute atomic E-state index is 0.0222. The maximum atomic E-state index is 13.2. The van der Waals surface area contributed by atoms with E-state index in [1.54, 1.807) is 48.5 Å². The number of benzene rings is 2. The highest BCUT2D eigenvalue weighted by Crippen LogP contribution is 2.19. The van der Waals surface area contributed by atoms with Gasteiger partial charge in [0.05, 0.1) is 11.3 Å². The van der Waals surface area contributed by atoms with E-state index in [0.717, 1.165) is 6.20 Å². The molecule has 17 heteroatoms. The maximum absolute atomic E-state index is 13.2. The third-order valence-corrected chi connectivity index (χ3v) is 7.46. The lowest BCUT2D eigenvalue weighted by Gasteiger charge is -2.23. The van der Waals surface area contributed by atoms with Crippen molar-refractivity contribution < 1.29 is 39.1 Å². The van der Waals surface area contributed by atoms with Gasteiger partial charge in [-0.1, -0.05) is 58.4 Å². The van der Waals surface area contributed by atoms with Gasteiger partial charge in [-0.05, 0) is 72.7 Å². The van der Waals surface area contributed by atoms with Crippen LogP contribution in [0.25, 0.3) is 0 Å². The predicted molar refractivity (Wildman–Crippen MR) is 196 cm³/mol. The van der Waals surface area contributed by atoms with E-state index < -0.39 is 52.7 Å². The van der Waals surface area contributed by atoms with E-state index >= 15 is 0 Å². The molecular formula is C35H48ClN7O9. The normalized spacial score (nSPS) is 13.3. The van der Waals surface area contributed by atoms with Gasteiger partial charge in [0.25, 0.3) is 6.20 Å². The molecule has 0 saturated carbocycles. The lowest BCUT2D eigenvalue weighted by atomic mass is 9.92. The van der Waals surface area contributed by atoms with E-state index in [1.807, 2.05) is 34.6 Å². The minimum Gasteiger partial charge on any atom is -0.480 e. The van der Waals surface area contributed by atoms with Gasteiger partial charge in [-0.3, -0.25) is 24.5 Å². The Morgan fingerprint density at radius 3 is 1.87 bits per heavy atom. The van der Waals surface area contributed by atoms with Gasteiger partial charge in [-0.25, -0.2) is 9.59 Å². The molecule has 0 heterocycles. The summed E-state index contributed by atoms with van der Waals surface area (Å²) >= 11 is 5.91. The average molecular weight is 746 g/mol. The van der Waals surface area contributed by atoms with Crippen molar-refractivity contribution >= 4 is 52.6 Å². The Kier molecular flexibility index (Phi) is 17.0. The molecule has 284 valence electrons. The number of nitrogens with zero attached hydrogens (tertiary/aromatic N) is 1. The maximum Gasteiger partial charge on any atom is 0.327 e. The molecule has 0 bridgehead atoms. The molecule has 2 aromatic carbocycles. The van der Waals surface area contributed by atoms with Crippen LogP contribution in [0.3, 0.4) is 0 Å². The second kappa shape index (κ2) is 20.6. The lowest BCUT2D eigenvalue weighted by molar-refractivity contribution is -0.403. The molecule has 0 spiro atoms. The number of hydrogen-bond donors (Lipinski definition) is 8. The largest absolute Gasteiger partial charge is 0.480 e. The van der Waals surface area contributed by atoms with Crippen LogP contribution in [0.2, 0.25) is 5.02 Å². The summed E-state index contributed by atoms with van der Waals surface area (Å²) in [5, 5.41) is 47.2. The smallest absolute Gasteiger partial charge is 0.327 e. The number of carbonyl (C=O) groups excluding carboxylic acids is 3. The molecule has 0 aliphatic heterocycles. The number of carboxylic acid groups (broad SMARTS) is 2. The second-order valence-corrected chi connectivity index (χ2v) is 14.2. The minimum atomic E-state index is -1.39. The van der Waals surface area contributed by atoms with Crippen molar-refractivity contribution in [3.8, 4) is 0 Å². The fraction of sp³-hybridized carbons (Fsp3) is 0.457. The van der Waals surface area contributed by atoms with E-state index in [0.29, 0.717) is 22.0 Å². The van der Waals surface area contributed by atoms with Crippen molar-refractivity contribution in [1.29, 1.82) is 0 Å². The van der Waals surface area contributed by atoms with Crippen molar-refractivity contribution in [3.63, 3.8) is 0 Å². The SMILES string of the molecule is CC(C)CC(NC(=O)Cc1ccc(N/C(=C\[N+](=O)[O-])Nc2ccc(Cl)cc2)cc1)C(=O)NC(CNCCC(NC(=O)CC(C)(C)C)C(=O)O)C(=O)O. The zero-order valence-electron chi connectivity index (χ0n) is 29.8. The fourth-order valence-corrected chi connectivity index (χ4v) is 4.96. The van der Waals surface area contributed by atoms with Crippen LogP contribution in [0.5, 0.6) is 0 Å². The Hall–Kier alpha value is -5.22. The first-order valence-electron chi connectivity index (χ1n) is 16.6. The van der Waals surface area contributed by atoms with Gasteiger partial charge in [0.1, 0.15) is 18.1 Å². The average Bonchev–Trinajstić information content (AvgIpc) is 3.01. The molecule has 0 aliphatic rings. The highest BCUT2D eigenvalue weighted by atomic mass is 35.5. The van der Waals surface area contributed by atoms with Crippen LogP contribution in [0.15, 0.2) is 60.6 Å². The molecular weight excluding hydrogens is 698 g/mol. The van der Waals surface area contributed by atoms with Gasteiger partial charge >= 0.3 is 11.9 Å². The predicted octanol–water partition coefficient (Wildman–Crippen LogP) is 3.57. The Morgan fingerprint density at radius 1 is 0.827 bits per heavy atom. The van der Waals surface area contributed by atoms with Crippen molar-refractivity contribution in [2.45, 2.75) is 78.4 Å². The van der Waals surface area contributed by atoms with Gasteiger partial charge in [-0.2, -0.15) is 0 Å². The summed E-state index contributed by atoms with van der Waals surface area (Å²) < 4.78 is 0. The summed E-state index contributed by atoms with van der Waals surface area (Å²) in [6.07, 6.45) is 0.995.